The Morgan fingerprint density at radius 3 is 2.23 bits per heavy atom. The highest BCUT2D eigenvalue weighted by atomic mass is 16.4. The number of carbonyl (C=O) groups is 1. The third kappa shape index (κ3) is 2.04. The van der Waals surface area contributed by atoms with Gasteiger partial charge in [-0.15, -0.1) is 0 Å². The first-order chi connectivity index (χ1) is 5.87. The molecule has 0 aromatic heterocycles. The molecule has 13 heavy (non-hydrogen) atoms. The van der Waals surface area contributed by atoms with E-state index in [1.165, 1.54) is 25.7 Å². The van der Waals surface area contributed by atoms with Crippen LogP contribution in [0.4, 0.5) is 0 Å². The lowest BCUT2D eigenvalue weighted by Gasteiger charge is -2.40. The van der Waals surface area contributed by atoms with Gasteiger partial charge in [-0.05, 0) is 23.7 Å². The Morgan fingerprint density at radius 2 is 1.85 bits per heavy atom. The van der Waals surface area contributed by atoms with Crippen LogP contribution < -0.4 is 0 Å². The Morgan fingerprint density at radius 1 is 1.38 bits per heavy atom. The Bertz CT molecular complexity index is 200. The van der Waals surface area contributed by atoms with Gasteiger partial charge >= 0.3 is 5.97 Å². The molecular formula is C11H20O2. The molecule has 1 saturated carbocycles. The number of hydrogen-bond donors (Lipinski definition) is 1. The van der Waals surface area contributed by atoms with E-state index in [2.05, 4.69) is 20.8 Å². The van der Waals surface area contributed by atoms with Crippen molar-refractivity contribution in [1.82, 2.24) is 0 Å². The molecule has 0 radical (unpaired) electrons. The molecule has 0 amide bonds. The third-order valence-corrected chi connectivity index (χ3v) is 3.93. The Balaban J connectivity index is 2.71. The highest BCUT2D eigenvalue weighted by Gasteiger charge is 2.43. The van der Waals surface area contributed by atoms with Gasteiger partial charge < -0.3 is 5.11 Å². The van der Waals surface area contributed by atoms with E-state index in [4.69, 9.17) is 5.11 Å². The first-order valence-corrected chi connectivity index (χ1v) is 5.09. The molecule has 1 rings (SSSR count). The number of carboxylic acid groups (broad SMARTS) is 1. The van der Waals surface area contributed by atoms with Gasteiger partial charge in [0.05, 0.1) is 6.42 Å². The highest BCUT2D eigenvalue weighted by Crippen LogP contribution is 2.52. The van der Waals surface area contributed by atoms with Gasteiger partial charge in [0.2, 0.25) is 0 Å². The molecule has 0 aromatic carbocycles. The molecule has 0 bridgehead atoms. The van der Waals surface area contributed by atoms with Crippen LogP contribution in [0.2, 0.25) is 0 Å². The van der Waals surface area contributed by atoms with Crippen LogP contribution in [0.1, 0.15) is 52.9 Å². The van der Waals surface area contributed by atoms with Crippen molar-refractivity contribution >= 4 is 5.97 Å². The van der Waals surface area contributed by atoms with Gasteiger partial charge in [0.25, 0.3) is 0 Å². The highest BCUT2D eigenvalue weighted by molar-refractivity contribution is 5.67. The molecule has 0 spiro atoms. The normalized spacial score (nSPS) is 21.8. The Hall–Kier alpha value is -0.530. The second kappa shape index (κ2) is 3.32. The summed E-state index contributed by atoms with van der Waals surface area (Å²) >= 11 is 0. The SMILES string of the molecule is CC(C)(CC(=O)O)C1(C)CCCC1. The van der Waals surface area contributed by atoms with Gasteiger partial charge in [-0.3, -0.25) is 4.79 Å². The zero-order chi connectivity index (χ0) is 10.1. The second-order valence-electron chi connectivity index (χ2n) is 5.22. The van der Waals surface area contributed by atoms with Crippen molar-refractivity contribution in [2.45, 2.75) is 52.9 Å². The summed E-state index contributed by atoms with van der Waals surface area (Å²) in [6.45, 7) is 6.42. The van der Waals surface area contributed by atoms with E-state index in [-0.39, 0.29) is 10.8 Å². The van der Waals surface area contributed by atoms with E-state index >= 15 is 0 Å². The largest absolute Gasteiger partial charge is 0.481 e. The molecule has 1 fully saturated rings. The first kappa shape index (κ1) is 10.6. The van der Waals surface area contributed by atoms with Crippen LogP contribution in [0.3, 0.4) is 0 Å². The maximum atomic E-state index is 10.7. The van der Waals surface area contributed by atoms with Gasteiger partial charge in [-0.2, -0.15) is 0 Å². The Kier molecular flexibility index (Phi) is 2.69. The lowest BCUT2D eigenvalue weighted by Crippen LogP contribution is -2.34. The molecular weight excluding hydrogens is 164 g/mol. The van der Waals surface area contributed by atoms with Crippen LogP contribution in [0.25, 0.3) is 0 Å². The van der Waals surface area contributed by atoms with Crippen molar-refractivity contribution in [2.24, 2.45) is 10.8 Å². The van der Waals surface area contributed by atoms with Crippen molar-refractivity contribution in [2.75, 3.05) is 0 Å². The summed E-state index contributed by atoms with van der Waals surface area (Å²) in [7, 11) is 0. The van der Waals surface area contributed by atoms with E-state index in [0.717, 1.165) is 0 Å². The third-order valence-electron chi connectivity index (χ3n) is 3.93. The van der Waals surface area contributed by atoms with Crippen molar-refractivity contribution in [1.29, 1.82) is 0 Å². The average Bonchev–Trinajstić information content (AvgIpc) is 2.34. The molecule has 0 aliphatic heterocycles. The molecule has 0 unspecified atom stereocenters. The zero-order valence-corrected chi connectivity index (χ0v) is 8.89. The summed E-state index contributed by atoms with van der Waals surface area (Å²) in [5.74, 6) is -0.668. The molecule has 0 aromatic rings. The number of rotatable bonds is 3. The summed E-state index contributed by atoms with van der Waals surface area (Å²) < 4.78 is 0. The standard InChI is InChI=1S/C11H20O2/c1-10(2,8-9(12)13)11(3)6-4-5-7-11/h4-8H2,1-3H3,(H,12,13). The molecule has 2 nitrogen and oxygen atoms in total. The van der Waals surface area contributed by atoms with Crippen LogP contribution >= 0.6 is 0 Å². The fourth-order valence-electron chi connectivity index (χ4n) is 2.42. The zero-order valence-electron chi connectivity index (χ0n) is 8.89. The summed E-state index contributed by atoms with van der Waals surface area (Å²) in [6, 6.07) is 0. The monoisotopic (exact) mass is 184 g/mol. The molecule has 0 saturated heterocycles. The summed E-state index contributed by atoms with van der Waals surface area (Å²) in [6.07, 6.45) is 5.20. The second-order valence-corrected chi connectivity index (χ2v) is 5.22. The fraction of sp³-hybridized carbons (Fsp3) is 0.909. The van der Waals surface area contributed by atoms with E-state index in [9.17, 15) is 4.79 Å². The number of hydrogen-bond acceptors (Lipinski definition) is 1. The molecule has 0 atom stereocenters. The van der Waals surface area contributed by atoms with Crippen molar-refractivity contribution in [3.63, 3.8) is 0 Å². The number of aliphatic carboxylic acids is 1. The van der Waals surface area contributed by atoms with E-state index in [1.54, 1.807) is 0 Å². The van der Waals surface area contributed by atoms with Crippen molar-refractivity contribution < 1.29 is 9.90 Å². The van der Waals surface area contributed by atoms with Gasteiger partial charge in [0.1, 0.15) is 0 Å². The number of carboxylic acids is 1. The lowest BCUT2D eigenvalue weighted by atomic mass is 9.64. The molecule has 1 aliphatic carbocycles. The first-order valence-electron chi connectivity index (χ1n) is 5.09. The fourth-order valence-corrected chi connectivity index (χ4v) is 2.42. The summed E-state index contributed by atoms with van der Waals surface area (Å²) in [4.78, 5) is 10.7. The lowest BCUT2D eigenvalue weighted by molar-refractivity contribution is -0.141. The summed E-state index contributed by atoms with van der Waals surface area (Å²) in [5, 5.41) is 8.82. The predicted octanol–water partition coefficient (Wildman–Crippen LogP) is 3.07. The van der Waals surface area contributed by atoms with Crippen LogP contribution in [0.5, 0.6) is 0 Å². The Labute approximate surface area is 80.3 Å². The minimum Gasteiger partial charge on any atom is -0.481 e. The van der Waals surface area contributed by atoms with Gasteiger partial charge in [-0.25, -0.2) is 0 Å². The van der Waals surface area contributed by atoms with Gasteiger partial charge in [0, 0.05) is 0 Å². The van der Waals surface area contributed by atoms with Gasteiger partial charge in [-0.1, -0.05) is 33.6 Å². The topological polar surface area (TPSA) is 37.3 Å². The molecule has 1 N–H and O–H groups in total. The van der Waals surface area contributed by atoms with Crippen LogP contribution in [-0.2, 0) is 4.79 Å². The maximum absolute atomic E-state index is 10.7. The molecule has 76 valence electrons. The molecule has 2 heteroatoms. The molecule has 0 heterocycles. The molecule has 1 aliphatic rings. The van der Waals surface area contributed by atoms with Crippen molar-refractivity contribution in [3.05, 3.63) is 0 Å². The predicted molar refractivity (Wildman–Crippen MR) is 52.6 cm³/mol. The van der Waals surface area contributed by atoms with E-state index in [1.807, 2.05) is 0 Å². The van der Waals surface area contributed by atoms with E-state index in [0.29, 0.717) is 6.42 Å². The maximum Gasteiger partial charge on any atom is 0.303 e. The average molecular weight is 184 g/mol. The van der Waals surface area contributed by atoms with Crippen LogP contribution in [0.15, 0.2) is 0 Å². The minimum absolute atomic E-state index is 0.0602. The van der Waals surface area contributed by atoms with Crippen molar-refractivity contribution in [3.8, 4) is 0 Å². The van der Waals surface area contributed by atoms with Crippen LogP contribution in [0, 0.1) is 10.8 Å². The summed E-state index contributed by atoms with van der Waals surface area (Å²) in [5.41, 5.74) is 0.181. The minimum atomic E-state index is -0.668. The van der Waals surface area contributed by atoms with Gasteiger partial charge in [0.15, 0.2) is 0 Å². The van der Waals surface area contributed by atoms with E-state index < -0.39 is 5.97 Å². The van der Waals surface area contributed by atoms with Crippen LogP contribution in [-0.4, -0.2) is 11.1 Å². The smallest absolute Gasteiger partial charge is 0.303 e. The quantitative estimate of drug-likeness (QED) is 0.732.